The van der Waals surface area contributed by atoms with Gasteiger partial charge >= 0.3 is 0 Å². The summed E-state index contributed by atoms with van der Waals surface area (Å²) in [5.74, 6) is 0. The topological polar surface area (TPSA) is 21.8 Å². The highest BCUT2D eigenvalue weighted by molar-refractivity contribution is 4.86. The second kappa shape index (κ2) is 4.52. The maximum atomic E-state index is 5.54. The van der Waals surface area contributed by atoms with Crippen molar-refractivity contribution in [2.24, 2.45) is 0 Å². The Hall–Kier alpha value is -0.340. The van der Waals surface area contributed by atoms with Crippen molar-refractivity contribution in [2.75, 3.05) is 13.2 Å². The highest BCUT2D eigenvalue weighted by Crippen LogP contribution is 2.11. The zero-order chi connectivity index (χ0) is 8.10. The third-order valence-electron chi connectivity index (χ3n) is 1.71. The smallest absolute Gasteiger partial charge is 0.104 e. The van der Waals surface area contributed by atoms with Gasteiger partial charge in [0.2, 0.25) is 0 Å². The van der Waals surface area contributed by atoms with E-state index in [1.165, 1.54) is 0 Å². The van der Waals surface area contributed by atoms with E-state index in [1.54, 1.807) is 0 Å². The number of hydrogen-bond donors (Lipinski definition) is 0. The van der Waals surface area contributed by atoms with E-state index in [1.807, 2.05) is 13.0 Å². The normalized spacial score (nSPS) is 25.8. The fourth-order valence-electron chi connectivity index (χ4n) is 0.919. The Labute approximate surface area is 68.2 Å². The quantitative estimate of drug-likeness (QED) is 0.447. The maximum absolute atomic E-state index is 5.54. The van der Waals surface area contributed by atoms with Gasteiger partial charge in [0.15, 0.2) is 0 Å². The molecular weight excluding hydrogens is 140 g/mol. The molecule has 2 unspecified atom stereocenters. The predicted molar refractivity (Wildman–Crippen MR) is 44.6 cm³/mol. The molecule has 0 radical (unpaired) electrons. The van der Waals surface area contributed by atoms with E-state index in [0.717, 1.165) is 19.6 Å². The van der Waals surface area contributed by atoms with Gasteiger partial charge < -0.3 is 9.47 Å². The highest BCUT2D eigenvalue weighted by Gasteiger charge is 2.23. The Bertz CT molecular complexity index is 128. The summed E-state index contributed by atoms with van der Waals surface area (Å²) in [6.45, 7) is 5.77. The predicted octanol–water partition coefficient (Wildman–Crippen LogP) is 1.76. The van der Waals surface area contributed by atoms with E-state index in [-0.39, 0.29) is 6.10 Å². The molecule has 1 fully saturated rings. The zero-order valence-electron chi connectivity index (χ0n) is 7.25. The second-order valence-corrected chi connectivity index (χ2v) is 2.76. The standard InChI is InChI=1S/C9H16O2/c1-3-5-8(4-2)10-6-9-7-11-9/h3,5,8-9H,4,6-7H2,1-2H3. The van der Waals surface area contributed by atoms with Crippen molar-refractivity contribution in [1.82, 2.24) is 0 Å². The first-order valence-corrected chi connectivity index (χ1v) is 4.22. The summed E-state index contributed by atoms with van der Waals surface area (Å²) in [6.07, 6.45) is 5.82. The van der Waals surface area contributed by atoms with E-state index < -0.39 is 0 Å². The molecule has 0 amide bonds. The molecule has 1 aliphatic rings. The van der Waals surface area contributed by atoms with Crippen LogP contribution in [0.15, 0.2) is 12.2 Å². The lowest BCUT2D eigenvalue weighted by atomic mass is 10.2. The Morgan fingerprint density at radius 1 is 1.73 bits per heavy atom. The number of allylic oxidation sites excluding steroid dienone is 1. The van der Waals surface area contributed by atoms with Crippen LogP contribution in [0.2, 0.25) is 0 Å². The van der Waals surface area contributed by atoms with Crippen LogP contribution < -0.4 is 0 Å². The van der Waals surface area contributed by atoms with Crippen molar-refractivity contribution in [2.45, 2.75) is 32.5 Å². The van der Waals surface area contributed by atoms with Gasteiger partial charge in [-0.15, -0.1) is 0 Å². The Morgan fingerprint density at radius 2 is 2.45 bits per heavy atom. The molecule has 1 aliphatic heterocycles. The number of ether oxygens (including phenoxy) is 2. The van der Waals surface area contributed by atoms with Crippen molar-refractivity contribution in [1.29, 1.82) is 0 Å². The summed E-state index contributed by atoms with van der Waals surface area (Å²) in [5.41, 5.74) is 0. The maximum Gasteiger partial charge on any atom is 0.104 e. The summed E-state index contributed by atoms with van der Waals surface area (Å²) < 4.78 is 10.6. The van der Waals surface area contributed by atoms with Crippen molar-refractivity contribution >= 4 is 0 Å². The van der Waals surface area contributed by atoms with Gasteiger partial charge in [0, 0.05) is 0 Å². The molecule has 2 heteroatoms. The molecule has 2 atom stereocenters. The summed E-state index contributed by atoms with van der Waals surface area (Å²) in [5, 5.41) is 0. The first-order chi connectivity index (χ1) is 5.36. The lowest BCUT2D eigenvalue weighted by Crippen LogP contribution is -2.12. The lowest BCUT2D eigenvalue weighted by Gasteiger charge is -2.09. The minimum absolute atomic E-state index is 0.282. The molecule has 0 N–H and O–H groups in total. The summed E-state index contributed by atoms with van der Waals surface area (Å²) in [7, 11) is 0. The SMILES string of the molecule is CC=CC(CC)OCC1CO1. The van der Waals surface area contributed by atoms with Crippen LogP contribution >= 0.6 is 0 Å². The molecule has 1 saturated heterocycles. The van der Waals surface area contributed by atoms with Gasteiger partial charge in [-0.05, 0) is 13.3 Å². The fourth-order valence-corrected chi connectivity index (χ4v) is 0.919. The van der Waals surface area contributed by atoms with E-state index in [0.29, 0.717) is 6.10 Å². The fraction of sp³-hybridized carbons (Fsp3) is 0.778. The summed E-state index contributed by atoms with van der Waals surface area (Å²) in [6, 6.07) is 0. The van der Waals surface area contributed by atoms with Crippen LogP contribution in [0.25, 0.3) is 0 Å². The number of epoxide rings is 1. The summed E-state index contributed by atoms with van der Waals surface area (Å²) in [4.78, 5) is 0. The van der Waals surface area contributed by atoms with E-state index in [2.05, 4.69) is 13.0 Å². The average molecular weight is 156 g/mol. The highest BCUT2D eigenvalue weighted by atomic mass is 16.6. The molecule has 0 aromatic carbocycles. The molecule has 64 valence electrons. The van der Waals surface area contributed by atoms with Crippen molar-refractivity contribution in [3.05, 3.63) is 12.2 Å². The van der Waals surface area contributed by atoms with Crippen molar-refractivity contribution < 1.29 is 9.47 Å². The van der Waals surface area contributed by atoms with Gasteiger partial charge in [0.05, 0.1) is 19.3 Å². The third-order valence-corrected chi connectivity index (χ3v) is 1.71. The first kappa shape index (κ1) is 8.75. The van der Waals surface area contributed by atoms with Gasteiger partial charge in [-0.1, -0.05) is 19.1 Å². The molecule has 1 heterocycles. The van der Waals surface area contributed by atoms with Crippen LogP contribution in [0.5, 0.6) is 0 Å². The molecule has 0 spiro atoms. The van der Waals surface area contributed by atoms with Crippen LogP contribution in [0, 0.1) is 0 Å². The monoisotopic (exact) mass is 156 g/mol. The van der Waals surface area contributed by atoms with E-state index >= 15 is 0 Å². The Morgan fingerprint density at radius 3 is 2.91 bits per heavy atom. The van der Waals surface area contributed by atoms with Crippen molar-refractivity contribution in [3.63, 3.8) is 0 Å². The third kappa shape index (κ3) is 3.54. The second-order valence-electron chi connectivity index (χ2n) is 2.76. The lowest BCUT2D eigenvalue weighted by molar-refractivity contribution is 0.0698. The molecule has 0 aliphatic carbocycles. The molecule has 0 saturated carbocycles. The van der Waals surface area contributed by atoms with Gasteiger partial charge in [-0.2, -0.15) is 0 Å². The van der Waals surface area contributed by atoms with Crippen LogP contribution in [0.4, 0.5) is 0 Å². The minimum atomic E-state index is 0.282. The van der Waals surface area contributed by atoms with Crippen LogP contribution in [-0.4, -0.2) is 25.4 Å². The molecule has 11 heavy (non-hydrogen) atoms. The minimum Gasteiger partial charge on any atom is -0.371 e. The molecule has 0 aromatic heterocycles. The molecule has 1 rings (SSSR count). The van der Waals surface area contributed by atoms with Gasteiger partial charge in [0.1, 0.15) is 6.10 Å². The zero-order valence-corrected chi connectivity index (χ0v) is 7.25. The van der Waals surface area contributed by atoms with Gasteiger partial charge in [-0.3, -0.25) is 0 Å². The van der Waals surface area contributed by atoms with Gasteiger partial charge in [0.25, 0.3) is 0 Å². The molecule has 0 bridgehead atoms. The van der Waals surface area contributed by atoms with Crippen LogP contribution in [0.3, 0.4) is 0 Å². The van der Waals surface area contributed by atoms with Crippen LogP contribution in [-0.2, 0) is 9.47 Å². The largest absolute Gasteiger partial charge is 0.371 e. The van der Waals surface area contributed by atoms with E-state index in [9.17, 15) is 0 Å². The van der Waals surface area contributed by atoms with Crippen LogP contribution in [0.1, 0.15) is 20.3 Å². The number of hydrogen-bond acceptors (Lipinski definition) is 2. The van der Waals surface area contributed by atoms with Gasteiger partial charge in [-0.25, -0.2) is 0 Å². The Kier molecular flexibility index (Phi) is 3.60. The number of rotatable bonds is 5. The first-order valence-electron chi connectivity index (χ1n) is 4.22. The summed E-state index contributed by atoms with van der Waals surface area (Å²) >= 11 is 0. The molecule has 0 aromatic rings. The van der Waals surface area contributed by atoms with Crippen molar-refractivity contribution in [3.8, 4) is 0 Å². The average Bonchev–Trinajstić information content (AvgIpc) is 2.81. The Balaban J connectivity index is 2.08. The van der Waals surface area contributed by atoms with E-state index in [4.69, 9.17) is 9.47 Å². The molecule has 2 nitrogen and oxygen atoms in total. The molecular formula is C9H16O2.